The van der Waals surface area contributed by atoms with Crippen molar-refractivity contribution in [3.05, 3.63) is 18.2 Å². The highest BCUT2D eigenvalue weighted by atomic mass is 16.5. The van der Waals surface area contributed by atoms with E-state index in [-0.39, 0.29) is 17.5 Å². The maximum atomic E-state index is 9.73. The molecule has 0 unspecified atom stereocenters. The summed E-state index contributed by atoms with van der Waals surface area (Å²) < 4.78 is 5.38. The Balaban J connectivity index is 2.53. The molecule has 0 aliphatic heterocycles. The van der Waals surface area contributed by atoms with E-state index in [1.54, 1.807) is 18.2 Å². The van der Waals surface area contributed by atoms with E-state index >= 15 is 0 Å². The fraction of sp³-hybridized carbons (Fsp3) is 0.182. The van der Waals surface area contributed by atoms with Gasteiger partial charge in [-0.25, -0.2) is 0 Å². The lowest BCUT2D eigenvalue weighted by atomic mass is 10.2. The van der Waals surface area contributed by atoms with Crippen molar-refractivity contribution < 1.29 is 15.3 Å². The summed E-state index contributed by atoms with van der Waals surface area (Å²) >= 11 is 0. The highest BCUT2D eigenvalue weighted by Gasteiger charge is 2.12. The Bertz CT molecular complexity index is 617. The maximum Gasteiger partial charge on any atom is 0.403 e. The summed E-state index contributed by atoms with van der Waals surface area (Å²) in [4.78, 5) is 2.78. The molecule has 18 heavy (non-hydrogen) atoms. The van der Waals surface area contributed by atoms with Gasteiger partial charge in [0.25, 0.3) is 0 Å². The van der Waals surface area contributed by atoms with Gasteiger partial charge in [0.05, 0.1) is 12.1 Å². The lowest BCUT2D eigenvalue weighted by molar-refractivity contribution is -0.117. The smallest absolute Gasteiger partial charge is 0.403 e. The van der Waals surface area contributed by atoms with Gasteiger partial charge in [-0.1, -0.05) is 5.11 Å². The van der Waals surface area contributed by atoms with Gasteiger partial charge in [-0.3, -0.25) is 11.1 Å². The highest BCUT2D eigenvalue weighted by molar-refractivity contribution is 5.95. The van der Waals surface area contributed by atoms with Crippen molar-refractivity contribution in [1.82, 2.24) is 4.98 Å². The summed E-state index contributed by atoms with van der Waals surface area (Å²) in [5, 5.41) is 22.9. The summed E-state index contributed by atoms with van der Waals surface area (Å²) in [6.45, 7) is 2.45. The first-order valence-electron chi connectivity index (χ1n) is 5.39. The van der Waals surface area contributed by atoms with Crippen molar-refractivity contribution in [3.8, 4) is 11.6 Å². The molecule has 0 atom stereocenters. The van der Waals surface area contributed by atoms with Crippen LogP contribution in [0.5, 0.6) is 11.6 Å². The molecule has 0 amide bonds. The zero-order valence-corrected chi connectivity index (χ0v) is 9.84. The number of ether oxygens (including phenoxy) is 1. The van der Waals surface area contributed by atoms with Crippen LogP contribution in [0.1, 0.15) is 6.92 Å². The number of hydrogen-bond donors (Lipinski definition) is 4. The molecule has 0 radical (unpaired) electrons. The summed E-state index contributed by atoms with van der Waals surface area (Å²) in [7, 11) is 0. The maximum absolute atomic E-state index is 9.73. The quantitative estimate of drug-likeness (QED) is 0.358. The zero-order chi connectivity index (χ0) is 13.1. The van der Waals surface area contributed by atoms with E-state index in [1.807, 2.05) is 6.92 Å². The monoisotopic (exact) mass is 248 g/mol. The second-order valence-corrected chi connectivity index (χ2v) is 3.59. The van der Waals surface area contributed by atoms with E-state index in [1.165, 1.54) is 0 Å². The minimum atomic E-state index is -0.176. The number of H-pyrrole nitrogens is 1. The Hall–Kier alpha value is -2.57. The minimum Gasteiger partial charge on any atom is -0.494 e. The van der Waals surface area contributed by atoms with Crippen LogP contribution in [0.4, 0.5) is 5.69 Å². The van der Waals surface area contributed by atoms with Crippen LogP contribution in [0.25, 0.3) is 10.9 Å². The first-order chi connectivity index (χ1) is 8.61. The molecule has 1 heterocycles. The number of fused-ring (bicyclic) bond motifs is 1. The third-order valence-electron chi connectivity index (χ3n) is 2.30. The number of nitrogens with two attached hydrogens (primary N) is 2. The number of aromatic amines is 1. The van der Waals surface area contributed by atoms with Gasteiger partial charge in [0.15, 0.2) is 5.69 Å². The second-order valence-electron chi connectivity index (χ2n) is 3.59. The molecule has 0 bridgehead atoms. The Morgan fingerprint density at radius 3 is 3.00 bits per heavy atom. The molecule has 94 valence electrons. The predicted octanol–water partition coefficient (Wildman–Crippen LogP) is 0.430. The molecule has 7 heteroatoms. The Labute approximate surface area is 103 Å². The summed E-state index contributed by atoms with van der Waals surface area (Å²) in [6.07, 6.45) is 0. The normalized spacial score (nSPS) is 11.2. The molecule has 0 aliphatic rings. The molecule has 6 N–H and O–H groups in total. The van der Waals surface area contributed by atoms with Crippen LogP contribution < -0.4 is 15.9 Å². The summed E-state index contributed by atoms with van der Waals surface area (Å²) in [5.74, 6) is 0.415. The average molecular weight is 248 g/mol. The Morgan fingerprint density at radius 2 is 2.33 bits per heavy atom. The fourth-order valence-corrected chi connectivity index (χ4v) is 1.61. The van der Waals surface area contributed by atoms with Crippen molar-refractivity contribution in [3.63, 3.8) is 0 Å². The summed E-state index contributed by atoms with van der Waals surface area (Å²) in [5.41, 5.74) is 6.20. The van der Waals surface area contributed by atoms with Crippen molar-refractivity contribution >= 4 is 22.5 Å². The third-order valence-corrected chi connectivity index (χ3v) is 2.30. The van der Waals surface area contributed by atoms with Gasteiger partial charge in [-0.05, 0) is 25.1 Å². The zero-order valence-electron chi connectivity index (χ0n) is 9.84. The molecule has 0 saturated heterocycles. The fourth-order valence-electron chi connectivity index (χ4n) is 1.61. The van der Waals surface area contributed by atoms with Crippen LogP contribution in [0, 0.1) is 0 Å². The van der Waals surface area contributed by atoms with E-state index in [2.05, 4.69) is 15.2 Å². The van der Waals surface area contributed by atoms with E-state index in [0.717, 1.165) is 5.52 Å². The van der Waals surface area contributed by atoms with Gasteiger partial charge >= 0.3 is 5.96 Å². The molecule has 0 fully saturated rings. The first kappa shape index (κ1) is 11.9. The molecule has 0 spiro atoms. The van der Waals surface area contributed by atoms with Crippen LogP contribution in [-0.2, 0) is 0 Å². The van der Waals surface area contributed by atoms with Crippen LogP contribution >= 0.6 is 0 Å². The van der Waals surface area contributed by atoms with Crippen LogP contribution in [0.15, 0.2) is 28.4 Å². The van der Waals surface area contributed by atoms with Crippen LogP contribution in [-0.4, -0.2) is 22.7 Å². The molecular weight excluding hydrogens is 234 g/mol. The van der Waals surface area contributed by atoms with Gasteiger partial charge in [0.2, 0.25) is 5.88 Å². The highest BCUT2D eigenvalue weighted by Crippen LogP contribution is 2.37. The van der Waals surface area contributed by atoms with Crippen molar-refractivity contribution in [2.75, 3.05) is 6.61 Å². The number of rotatable bonds is 3. The van der Waals surface area contributed by atoms with Crippen molar-refractivity contribution in [1.29, 1.82) is 0 Å². The third kappa shape index (κ3) is 2.24. The van der Waals surface area contributed by atoms with Crippen molar-refractivity contribution in [2.24, 2.45) is 16.0 Å². The average Bonchev–Trinajstić information content (AvgIpc) is 2.62. The molecule has 2 aromatic rings. The molecule has 2 rings (SSSR count). The predicted molar refractivity (Wildman–Crippen MR) is 66.8 cm³/mol. The molecular formula is C11H14N5O2+. The lowest BCUT2D eigenvalue weighted by Gasteiger charge is -2.01. The molecule has 1 aromatic heterocycles. The van der Waals surface area contributed by atoms with Gasteiger partial charge in [0, 0.05) is 10.5 Å². The Morgan fingerprint density at radius 1 is 1.56 bits per heavy atom. The number of hydrogen-bond acceptors (Lipinski definition) is 3. The SMILES string of the molecule is CCOc1ccc2[nH]c(O)c(N=NC(N)=[NH2+])c2c1. The minimum absolute atomic E-state index is 0.0938. The van der Waals surface area contributed by atoms with Gasteiger partial charge in [0.1, 0.15) is 5.75 Å². The number of nitrogens with zero attached hydrogens (tertiary/aromatic N) is 2. The van der Waals surface area contributed by atoms with Gasteiger partial charge in [-0.15, -0.1) is 0 Å². The van der Waals surface area contributed by atoms with E-state index in [4.69, 9.17) is 15.9 Å². The molecule has 1 aromatic carbocycles. The van der Waals surface area contributed by atoms with Crippen LogP contribution in [0.3, 0.4) is 0 Å². The topological polar surface area (TPSA) is 122 Å². The number of benzene rings is 1. The number of aromatic nitrogens is 1. The molecule has 7 nitrogen and oxygen atoms in total. The van der Waals surface area contributed by atoms with E-state index in [0.29, 0.717) is 17.7 Å². The van der Waals surface area contributed by atoms with Crippen LogP contribution in [0.2, 0.25) is 0 Å². The number of guanidine groups is 1. The van der Waals surface area contributed by atoms with Gasteiger partial charge in [-0.2, -0.15) is 0 Å². The van der Waals surface area contributed by atoms with Crippen molar-refractivity contribution in [2.45, 2.75) is 6.92 Å². The number of nitrogens with one attached hydrogen (secondary N) is 1. The summed E-state index contributed by atoms with van der Waals surface area (Å²) in [6, 6.07) is 5.34. The largest absolute Gasteiger partial charge is 0.494 e. The van der Waals surface area contributed by atoms with E-state index in [9.17, 15) is 5.11 Å². The molecule has 0 saturated carbocycles. The Kier molecular flexibility index (Phi) is 3.13. The van der Waals surface area contributed by atoms with E-state index < -0.39 is 0 Å². The molecule has 0 aliphatic carbocycles. The standard InChI is InChI=1S/C11H13N5O2/c1-2-18-6-3-4-8-7(5-6)9(10(17)14-8)15-16-11(12)13/h3-5,14,17H,2H2,1H3,(H3,12,13)/p+1. The number of aromatic hydroxyl groups is 1. The van der Waals surface area contributed by atoms with Gasteiger partial charge < -0.3 is 14.8 Å². The number of azo groups is 1. The lowest BCUT2D eigenvalue weighted by Crippen LogP contribution is -2.43. The first-order valence-corrected chi connectivity index (χ1v) is 5.39. The second kappa shape index (κ2) is 4.74.